The van der Waals surface area contributed by atoms with E-state index in [1.54, 1.807) is 24.3 Å². The van der Waals surface area contributed by atoms with Crippen LogP contribution in [0.3, 0.4) is 0 Å². The van der Waals surface area contributed by atoms with E-state index in [1.165, 1.54) is 0 Å². The molecule has 0 atom stereocenters. The number of hydrogen-bond donors (Lipinski definition) is 1. The first-order chi connectivity index (χ1) is 8.81. The van der Waals surface area contributed by atoms with E-state index in [9.17, 15) is 4.79 Å². The summed E-state index contributed by atoms with van der Waals surface area (Å²) in [6, 6.07) is 15.1. The molecule has 0 spiro atoms. The molecule has 0 aliphatic heterocycles. The van der Waals surface area contributed by atoms with E-state index >= 15 is 0 Å². The summed E-state index contributed by atoms with van der Waals surface area (Å²) in [4.78, 5) is 10.5. The van der Waals surface area contributed by atoms with Gasteiger partial charge in [-0.05, 0) is 42.0 Å². The van der Waals surface area contributed by atoms with Crippen molar-refractivity contribution in [2.45, 2.75) is 6.61 Å². The van der Waals surface area contributed by atoms with Crippen LogP contribution in [0.1, 0.15) is 15.9 Å². The molecule has 2 aromatic carbocycles. The predicted octanol–water partition coefficient (Wildman–Crippen LogP) is 3.12. The van der Waals surface area contributed by atoms with Crippen molar-refractivity contribution < 1.29 is 9.53 Å². The highest BCUT2D eigenvalue weighted by Crippen LogP contribution is 2.14. The third-order valence-electron chi connectivity index (χ3n) is 2.66. The van der Waals surface area contributed by atoms with Crippen LogP contribution in [-0.4, -0.2) is 13.3 Å². The van der Waals surface area contributed by atoms with Gasteiger partial charge in [-0.25, -0.2) is 0 Å². The lowest BCUT2D eigenvalue weighted by molar-refractivity contribution is 0.112. The van der Waals surface area contributed by atoms with Gasteiger partial charge in [0.2, 0.25) is 0 Å². The van der Waals surface area contributed by atoms with Gasteiger partial charge in [0.05, 0.1) is 0 Å². The van der Waals surface area contributed by atoms with Gasteiger partial charge in [0.25, 0.3) is 0 Å². The van der Waals surface area contributed by atoms with Crippen LogP contribution in [0.5, 0.6) is 5.75 Å². The summed E-state index contributed by atoms with van der Waals surface area (Å²) in [7, 11) is 1.89. The number of anilines is 1. The first-order valence-corrected chi connectivity index (χ1v) is 5.76. The largest absolute Gasteiger partial charge is 0.489 e. The lowest BCUT2D eigenvalue weighted by Crippen LogP contribution is -1.96. The number of carbonyl (C=O) groups is 1. The SMILES string of the molecule is CNc1ccc(COc2ccc(C=O)cc2)cc1. The molecule has 0 saturated carbocycles. The molecule has 0 aromatic heterocycles. The van der Waals surface area contributed by atoms with Gasteiger partial charge < -0.3 is 10.1 Å². The van der Waals surface area contributed by atoms with Crippen LogP contribution in [0.25, 0.3) is 0 Å². The molecule has 0 unspecified atom stereocenters. The van der Waals surface area contributed by atoms with Crippen molar-refractivity contribution in [2.24, 2.45) is 0 Å². The summed E-state index contributed by atoms with van der Waals surface area (Å²) in [5.74, 6) is 0.762. The van der Waals surface area contributed by atoms with E-state index in [4.69, 9.17) is 4.74 Å². The van der Waals surface area contributed by atoms with E-state index in [0.29, 0.717) is 12.2 Å². The van der Waals surface area contributed by atoms with Gasteiger partial charge in [-0.1, -0.05) is 12.1 Å². The number of benzene rings is 2. The average Bonchev–Trinajstić information content (AvgIpc) is 2.46. The second-order valence-corrected chi connectivity index (χ2v) is 3.92. The zero-order valence-corrected chi connectivity index (χ0v) is 10.2. The van der Waals surface area contributed by atoms with Crippen LogP contribution in [0.4, 0.5) is 5.69 Å². The summed E-state index contributed by atoms with van der Waals surface area (Å²) in [6.45, 7) is 0.518. The molecule has 1 N–H and O–H groups in total. The van der Waals surface area contributed by atoms with Crippen molar-refractivity contribution in [3.63, 3.8) is 0 Å². The highest BCUT2D eigenvalue weighted by atomic mass is 16.5. The van der Waals surface area contributed by atoms with Gasteiger partial charge in [0.1, 0.15) is 18.6 Å². The van der Waals surface area contributed by atoms with Crippen LogP contribution in [-0.2, 0) is 6.61 Å². The Morgan fingerprint density at radius 2 is 1.72 bits per heavy atom. The minimum atomic E-state index is 0.518. The van der Waals surface area contributed by atoms with E-state index in [0.717, 1.165) is 23.3 Å². The number of nitrogens with one attached hydrogen (secondary N) is 1. The zero-order valence-electron chi connectivity index (χ0n) is 10.2. The maximum absolute atomic E-state index is 10.5. The molecule has 0 aliphatic carbocycles. The Balaban J connectivity index is 1.95. The fourth-order valence-corrected chi connectivity index (χ4v) is 1.58. The van der Waals surface area contributed by atoms with Crippen LogP contribution in [0.15, 0.2) is 48.5 Å². The Hall–Kier alpha value is -2.29. The molecule has 0 saturated heterocycles. The standard InChI is InChI=1S/C15H15NO2/c1-16-14-6-2-13(3-7-14)11-18-15-8-4-12(10-17)5-9-15/h2-10,16H,11H2,1H3. The molecule has 0 radical (unpaired) electrons. The summed E-state index contributed by atoms with van der Waals surface area (Å²) in [5.41, 5.74) is 2.84. The fraction of sp³-hybridized carbons (Fsp3) is 0.133. The van der Waals surface area contributed by atoms with E-state index in [2.05, 4.69) is 5.32 Å². The highest BCUT2D eigenvalue weighted by molar-refractivity contribution is 5.74. The minimum Gasteiger partial charge on any atom is -0.489 e. The molecule has 2 rings (SSSR count). The third kappa shape index (κ3) is 3.10. The third-order valence-corrected chi connectivity index (χ3v) is 2.66. The van der Waals surface area contributed by atoms with Crippen LogP contribution >= 0.6 is 0 Å². The average molecular weight is 241 g/mol. The number of carbonyl (C=O) groups excluding carboxylic acids is 1. The first-order valence-electron chi connectivity index (χ1n) is 5.76. The van der Waals surface area contributed by atoms with Gasteiger partial charge in [-0.15, -0.1) is 0 Å². The normalized spacial score (nSPS) is 9.83. The Bertz CT molecular complexity index is 503. The van der Waals surface area contributed by atoms with Crippen LogP contribution in [0, 0.1) is 0 Å². The monoisotopic (exact) mass is 241 g/mol. The van der Waals surface area contributed by atoms with E-state index < -0.39 is 0 Å². The van der Waals surface area contributed by atoms with E-state index in [1.807, 2.05) is 31.3 Å². The molecule has 2 aromatic rings. The van der Waals surface area contributed by atoms with Crippen molar-refractivity contribution in [2.75, 3.05) is 12.4 Å². The predicted molar refractivity (Wildman–Crippen MR) is 72.2 cm³/mol. The Labute approximate surface area is 106 Å². The number of aldehydes is 1. The summed E-state index contributed by atoms with van der Waals surface area (Å²) in [6.07, 6.45) is 0.820. The van der Waals surface area contributed by atoms with Crippen molar-refractivity contribution in [3.05, 3.63) is 59.7 Å². The van der Waals surface area contributed by atoms with E-state index in [-0.39, 0.29) is 0 Å². The Morgan fingerprint density at radius 3 is 2.28 bits per heavy atom. The lowest BCUT2D eigenvalue weighted by atomic mass is 10.2. The summed E-state index contributed by atoms with van der Waals surface area (Å²) >= 11 is 0. The molecule has 0 amide bonds. The second kappa shape index (κ2) is 5.87. The van der Waals surface area contributed by atoms with Gasteiger partial charge >= 0.3 is 0 Å². The second-order valence-electron chi connectivity index (χ2n) is 3.92. The smallest absolute Gasteiger partial charge is 0.150 e. The van der Waals surface area contributed by atoms with Gasteiger partial charge in [-0.3, -0.25) is 4.79 Å². The molecule has 0 heterocycles. The zero-order chi connectivity index (χ0) is 12.8. The minimum absolute atomic E-state index is 0.518. The summed E-state index contributed by atoms with van der Waals surface area (Å²) in [5, 5.41) is 3.07. The molecular weight excluding hydrogens is 226 g/mol. The number of rotatable bonds is 5. The van der Waals surface area contributed by atoms with Crippen LogP contribution in [0.2, 0.25) is 0 Å². The maximum atomic E-state index is 10.5. The molecule has 0 aliphatic rings. The molecular formula is C15H15NO2. The number of hydrogen-bond acceptors (Lipinski definition) is 3. The number of ether oxygens (including phenoxy) is 1. The van der Waals surface area contributed by atoms with Gasteiger partial charge in [0, 0.05) is 18.3 Å². The highest BCUT2D eigenvalue weighted by Gasteiger charge is 1.97. The van der Waals surface area contributed by atoms with Crippen molar-refractivity contribution >= 4 is 12.0 Å². The van der Waals surface area contributed by atoms with Gasteiger partial charge in [0.15, 0.2) is 0 Å². The lowest BCUT2D eigenvalue weighted by Gasteiger charge is -2.07. The van der Waals surface area contributed by atoms with Crippen molar-refractivity contribution in [1.29, 1.82) is 0 Å². The maximum Gasteiger partial charge on any atom is 0.150 e. The molecule has 0 bridgehead atoms. The quantitative estimate of drug-likeness (QED) is 0.817. The topological polar surface area (TPSA) is 38.3 Å². The van der Waals surface area contributed by atoms with Crippen molar-refractivity contribution in [1.82, 2.24) is 0 Å². The van der Waals surface area contributed by atoms with Crippen LogP contribution < -0.4 is 10.1 Å². The molecule has 3 nitrogen and oxygen atoms in total. The molecule has 0 fully saturated rings. The fourth-order valence-electron chi connectivity index (χ4n) is 1.58. The Morgan fingerprint density at radius 1 is 1.06 bits per heavy atom. The van der Waals surface area contributed by atoms with Crippen molar-refractivity contribution in [3.8, 4) is 5.75 Å². The molecule has 3 heteroatoms. The molecule has 92 valence electrons. The Kier molecular flexibility index (Phi) is 3.97. The summed E-state index contributed by atoms with van der Waals surface area (Å²) < 4.78 is 5.63. The molecule has 18 heavy (non-hydrogen) atoms. The first kappa shape index (κ1) is 12.2. The van der Waals surface area contributed by atoms with Gasteiger partial charge in [-0.2, -0.15) is 0 Å².